The highest BCUT2D eigenvalue weighted by molar-refractivity contribution is 5.85. The molecule has 0 radical (unpaired) electrons. The lowest BCUT2D eigenvalue weighted by atomic mass is 10.3. The van der Waals surface area contributed by atoms with Crippen LogP contribution in [0.15, 0.2) is 24.3 Å². The second-order valence-corrected chi connectivity index (χ2v) is 4.25. The zero-order chi connectivity index (χ0) is 15.0. The Hall–Kier alpha value is -1.47. The van der Waals surface area contributed by atoms with Gasteiger partial charge in [0.25, 0.3) is 5.92 Å². The van der Waals surface area contributed by atoms with E-state index in [0.717, 1.165) is 0 Å². The summed E-state index contributed by atoms with van der Waals surface area (Å²) in [5.41, 5.74) is 4.84. The van der Waals surface area contributed by atoms with Crippen molar-refractivity contribution in [1.29, 1.82) is 0 Å². The number of amides is 1. The molecule has 3 N–H and O–H groups in total. The third kappa shape index (κ3) is 8.41. The minimum atomic E-state index is -3.09. The molecule has 0 fully saturated rings. The summed E-state index contributed by atoms with van der Waals surface area (Å²) in [6.07, 6.45) is 0.395. The maximum absolute atomic E-state index is 12.8. The van der Waals surface area contributed by atoms with E-state index in [1.54, 1.807) is 6.07 Å². The van der Waals surface area contributed by atoms with E-state index < -0.39 is 30.7 Å². The number of carbonyl (C=O) groups excluding carboxylic acids is 1. The number of nitrogens with one attached hydrogen (secondary N) is 1. The van der Waals surface area contributed by atoms with Crippen LogP contribution < -0.4 is 15.8 Å². The van der Waals surface area contributed by atoms with E-state index in [1.165, 1.54) is 18.2 Å². The monoisotopic (exact) mass is 326 g/mol. The smallest absolute Gasteiger partial charge is 0.277 e. The van der Waals surface area contributed by atoms with Gasteiger partial charge < -0.3 is 15.8 Å². The van der Waals surface area contributed by atoms with Crippen molar-refractivity contribution in [1.82, 2.24) is 5.32 Å². The largest absolute Gasteiger partial charge is 0.493 e. The van der Waals surface area contributed by atoms with Gasteiger partial charge in [-0.15, -0.1) is 12.4 Å². The Bertz CT molecular complexity index is 447. The number of halogens is 4. The van der Waals surface area contributed by atoms with Crippen molar-refractivity contribution in [2.45, 2.75) is 18.8 Å². The summed E-state index contributed by atoms with van der Waals surface area (Å²) in [5.74, 6) is -3.64. The summed E-state index contributed by atoms with van der Waals surface area (Å²) < 4.78 is 43.6. The minimum absolute atomic E-state index is 0. The average molecular weight is 327 g/mol. The molecule has 0 aliphatic carbocycles. The molecule has 1 aromatic rings. The van der Waals surface area contributed by atoms with E-state index in [1.807, 2.05) is 0 Å². The van der Waals surface area contributed by atoms with Crippen molar-refractivity contribution >= 4 is 18.3 Å². The van der Waals surface area contributed by atoms with E-state index in [4.69, 9.17) is 10.5 Å². The number of carbonyl (C=O) groups is 1. The minimum Gasteiger partial charge on any atom is -0.493 e. The molecule has 1 rings (SSSR count). The fourth-order valence-electron chi connectivity index (χ4n) is 1.37. The van der Waals surface area contributed by atoms with E-state index in [-0.39, 0.29) is 25.4 Å². The molecule has 1 amide bonds. The zero-order valence-corrected chi connectivity index (χ0v) is 12.1. The number of alkyl halides is 2. The first kappa shape index (κ1) is 19.5. The Kier molecular flexibility index (Phi) is 8.80. The summed E-state index contributed by atoms with van der Waals surface area (Å²) in [5, 5.41) is 2.10. The molecule has 0 aliphatic heterocycles. The van der Waals surface area contributed by atoms with Crippen LogP contribution in [0.1, 0.15) is 12.8 Å². The van der Waals surface area contributed by atoms with Crippen LogP contribution in [0.2, 0.25) is 0 Å². The Morgan fingerprint density at radius 1 is 1.38 bits per heavy atom. The summed E-state index contributed by atoms with van der Waals surface area (Å²) in [4.78, 5) is 11.3. The fraction of sp³-hybridized carbons (Fsp3) is 0.462. The number of nitrogens with two attached hydrogens (primary N) is 1. The highest BCUT2D eigenvalue weighted by Crippen LogP contribution is 2.12. The fourth-order valence-corrected chi connectivity index (χ4v) is 1.37. The van der Waals surface area contributed by atoms with Crippen LogP contribution in [0.5, 0.6) is 5.75 Å². The molecule has 21 heavy (non-hydrogen) atoms. The highest BCUT2D eigenvalue weighted by atomic mass is 35.5. The second-order valence-electron chi connectivity index (χ2n) is 4.25. The lowest BCUT2D eigenvalue weighted by Crippen LogP contribution is -2.41. The van der Waals surface area contributed by atoms with Crippen molar-refractivity contribution < 1.29 is 22.7 Å². The van der Waals surface area contributed by atoms with Crippen LogP contribution in [0.4, 0.5) is 13.2 Å². The molecule has 0 saturated carbocycles. The van der Waals surface area contributed by atoms with Gasteiger partial charge in [0.1, 0.15) is 11.6 Å². The number of benzene rings is 1. The number of ether oxygens (including phenoxy) is 1. The first-order valence-electron chi connectivity index (χ1n) is 6.16. The lowest BCUT2D eigenvalue weighted by molar-refractivity contribution is -0.123. The number of hydrogen-bond donors (Lipinski definition) is 2. The molecule has 1 aromatic carbocycles. The molecule has 0 heterocycles. The van der Waals surface area contributed by atoms with E-state index in [2.05, 4.69) is 5.32 Å². The van der Waals surface area contributed by atoms with Gasteiger partial charge in [-0.1, -0.05) is 6.07 Å². The molecule has 4 nitrogen and oxygen atoms in total. The van der Waals surface area contributed by atoms with Gasteiger partial charge in [-0.3, -0.25) is 4.79 Å². The molecule has 8 heteroatoms. The summed E-state index contributed by atoms with van der Waals surface area (Å²) >= 11 is 0. The van der Waals surface area contributed by atoms with Gasteiger partial charge in [0.15, 0.2) is 0 Å². The second kappa shape index (κ2) is 9.46. The molecule has 0 spiro atoms. The number of hydrogen-bond acceptors (Lipinski definition) is 3. The maximum Gasteiger partial charge on any atom is 0.277 e. The summed E-state index contributed by atoms with van der Waals surface area (Å²) in [6, 6.07) is 5.61. The van der Waals surface area contributed by atoms with Crippen molar-refractivity contribution in [2.24, 2.45) is 5.73 Å². The molecule has 0 aromatic heterocycles. The number of rotatable bonds is 8. The first-order valence-corrected chi connectivity index (χ1v) is 6.16. The lowest BCUT2D eigenvalue weighted by Gasteiger charge is -2.14. The molecule has 0 atom stereocenters. The van der Waals surface area contributed by atoms with Crippen LogP contribution in [0, 0.1) is 5.82 Å². The van der Waals surface area contributed by atoms with E-state index in [9.17, 15) is 18.0 Å². The Balaban J connectivity index is 0.00000400. The van der Waals surface area contributed by atoms with Gasteiger partial charge in [0.2, 0.25) is 5.91 Å². The normalized spacial score (nSPS) is 10.7. The molecular weight excluding hydrogens is 309 g/mol. The molecule has 0 bridgehead atoms. The van der Waals surface area contributed by atoms with Crippen LogP contribution in [0.3, 0.4) is 0 Å². The van der Waals surface area contributed by atoms with Crippen molar-refractivity contribution in [3.63, 3.8) is 0 Å². The van der Waals surface area contributed by atoms with Crippen molar-refractivity contribution in [3.05, 3.63) is 30.1 Å². The standard InChI is InChI=1S/C13H17F3N2O2.ClH/c14-10-3-1-4-11(7-10)20-6-2-5-12(19)18-9-13(15,16)8-17;/h1,3-4,7H,2,5-6,8-9,17H2,(H,18,19);1H. The highest BCUT2D eigenvalue weighted by Gasteiger charge is 2.26. The van der Waals surface area contributed by atoms with Gasteiger partial charge in [-0.05, 0) is 18.6 Å². The predicted molar refractivity (Wildman–Crippen MR) is 75.4 cm³/mol. The van der Waals surface area contributed by atoms with E-state index in [0.29, 0.717) is 12.2 Å². The topological polar surface area (TPSA) is 64.3 Å². The zero-order valence-electron chi connectivity index (χ0n) is 11.3. The Labute approximate surface area is 127 Å². The summed E-state index contributed by atoms with van der Waals surface area (Å²) in [6.45, 7) is -1.38. The quantitative estimate of drug-likeness (QED) is 0.719. The van der Waals surface area contributed by atoms with Gasteiger partial charge in [0.05, 0.1) is 19.7 Å². The van der Waals surface area contributed by atoms with Gasteiger partial charge >= 0.3 is 0 Å². The third-order valence-electron chi connectivity index (χ3n) is 2.46. The Morgan fingerprint density at radius 2 is 2.10 bits per heavy atom. The third-order valence-corrected chi connectivity index (χ3v) is 2.46. The molecule has 0 unspecified atom stereocenters. The SMILES string of the molecule is Cl.NCC(F)(F)CNC(=O)CCCOc1cccc(F)c1. The van der Waals surface area contributed by atoms with E-state index >= 15 is 0 Å². The average Bonchev–Trinajstić information content (AvgIpc) is 2.42. The summed E-state index contributed by atoms with van der Waals surface area (Å²) in [7, 11) is 0. The van der Waals surface area contributed by atoms with Gasteiger partial charge in [-0.2, -0.15) is 0 Å². The van der Waals surface area contributed by atoms with Crippen molar-refractivity contribution in [2.75, 3.05) is 19.7 Å². The molecular formula is C13H18ClF3N2O2. The van der Waals surface area contributed by atoms with Crippen molar-refractivity contribution in [3.8, 4) is 5.75 Å². The molecule has 120 valence electrons. The van der Waals surface area contributed by atoms with Gasteiger partial charge in [0, 0.05) is 12.5 Å². The maximum atomic E-state index is 12.8. The predicted octanol–water partition coefficient (Wildman–Crippen LogP) is 2.12. The Morgan fingerprint density at radius 3 is 2.71 bits per heavy atom. The van der Waals surface area contributed by atoms with Crippen LogP contribution >= 0.6 is 12.4 Å². The first-order chi connectivity index (χ1) is 9.43. The van der Waals surface area contributed by atoms with Crippen LogP contribution in [0.25, 0.3) is 0 Å². The van der Waals surface area contributed by atoms with Crippen LogP contribution in [-0.4, -0.2) is 31.5 Å². The van der Waals surface area contributed by atoms with Gasteiger partial charge in [-0.25, -0.2) is 13.2 Å². The molecule has 0 saturated heterocycles. The molecule has 0 aliphatic rings. The van der Waals surface area contributed by atoms with Crippen LogP contribution in [-0.2, 0) is 4.79 Å².